The summed E-state index contributed by atoms with van der Waals surface area (Å²) in [5.74, 6) is 0.716. The molecule has 0 atom stereocenters. The lowest BCUT2D eigenvalue weighted by Crippen LogP contribution is -2.42. The van der Waals surface area contributed by atoms with Crippen molar-refractivity contribution >= 4 is 11.9 Å². The maximum absolute atomic E-state index is 13.4. The maximum atomic E-state index is 13.4. The molecule has 1 aliphatic heterocycles. The molecule has 6 heteroatoms. The molecule has 6 nitrogen and oxygen atoms in total. The van der Waals surface area contributed by atoms with Gasteiger partial charge in [-0.2, -0.15) is 0 Å². The van der Waals surface area contributed by atoms with Crippen molar-refractivity contribution in [3.63, 3.8) is 0 Å². The Morgan fingerprint density at radius 2 is 1.77 bits per heavy atom. The van der Waals surface area contributed by atoms with Crippen LogP contribution < -0.4 is 9.47 Å². The lowest BCUT2D eigenvalue weighted by Gasteiger charge is -2.44. The summed E-state index contributed by atoms with van der Waals surface area (Å²) in [6.45, 7) is 16.4. The Kier molecular flexibility index (Phi) is 8.75. The van der Waals surface area contributed by atoms with Gasteiger partial charge in [-0.25, -0.2) is 4.79 Å². The van der Waals surface area contributed by atoms with E-state index in [1.807, 2.05) is 12.1 Å². The third-order valence-corrected chi connectivity index (χ3v) is 7.65. The quantitative estimate of drug-likeness (QED) is 0.175. The zero-order valence-corrected chi connectivity index (χ0v) is 24.8. The van der Waals surface area contributed by atoms with E-state index < -0.39 is 5.97 Å². The Morgan fingerprint density at radius 3 is 2.38 bits per heavy atom. The summed E-state index contributed by atoms with van der Waals surface area (Å²) >= 11 is 0. The summed E-state index contributed by atoms with van der Waals surface area (Å²) in [4.78, 5) is 27.9. The van der Waals surface area contributed by atoms with Gasteiger partial charge in [0.2, 0.25) is 0 Å². The van der Waals surface area contributed by atoms with Crippen LogP contribution in [0.25, 0.3) is 0 Å². The van der Waals surface area contributed by atoms with Crippen LogP contribution in [0.15, 0.2) is 36.4 Å². The van der Waals surface area contributed by atoms with Crippen LogP contribution in [-0.2, 0) is 27.9 Å². The van der Waals surface area contributed by atoms with Gasteiger partial charge in [0.15, 0.2) is 0 Å². The minimum Gasteiger partial charge on any atom is -0.487 e. The van der Waals surface area contributed by atoms with E-state index in [0.29, 0.717) is 30.0 Å². The van der Waals surface area contributed by atoms with Gasteiger partial charge in [-0.1, -0.05) is 39.3 Å². The highest BCUT2D eigenvalue weighted by atomic mass is 16.5. The maximum Gasteiger partial charge on any atom is 0.343 e. The van der Waals surface area contributed by atoms with Gasteiger partial charge in [-0.15, -0.1) is 0 Å². The molecule has 1 saturated carbocycles. The number of esters is 2. The van der Waals surface area contributed by atoms with E-state index in [9.17, 15) is 9.59 Å². The number of carbonyl (C=O) groups is 2. The number of nitrogens with zero attached hydrogens (tertiary/aromatic N) is 1. The van der Waals surface area contributed by atoms with Crippen LogP contribution in [0.5, 0.6) is 11.5 Å². The normalized spacial score (nSPS) is 17.5. The number of benzene rings is 2. The van der Waals surface area contributed by atoms with E-state index in [1.54, 1.807) is 24.3 Å². The van der Waals surface area contributed by atoms with E-state index >= 15 is 0 Å². The molecule has 2 aliphatic rings. The molecular formula is C33H45NO5. The van der Waals surface area contributed by atoms with Crippen LogP contribution >= 0.6 is 0 Å². The van der Waals surface area contributed by atoms with Crippen molar-refractivity contribution in [2.45, 2.75) is 117 Å². The average molecular weight is 536 g/mol. The highest BCUT2D eigenvalue weighted by Gasteiger charge is 2.41. The summed E-state index contributed by atoms with van der Waals surface area (Å²) in [6, 6.07) is 12.0. The number of hydrogen-bond donors (Lipinski definition) is 0. The van der Waals surface area contributed by atoms with Crippen LogP contribution in [-0.4, -0.2) is 41.1 Å². The Bertz CT molecular complexity index is 1180. The predicted octanol–water partition coefficient (Wildman–Crippen LogP) is 7.00. The van der Waals surface area contributed by atoms with E-state index in [4.69, 9.17) is 14.2 Å². The van der Waals surface area contributed by atoms with Crippen molar-refractivity contribution in [2.75, 3.05) is 6.61 Å². The first-order chi connectivity index (χ1) is 18.4. The third-order valence-electron chi connectivity index (χ3n) is 7.65. The monoisotopic (exact) mass is 535 g/mol. The number of carbonyl (C=O) groups excluding carboxylic acids is 2. The molecule has 4 rings (SSSR count). The molecule has 2 aromatic rings. The zero-order chi connectivity index (χ0) is 28.4. The second kappa shape index (κ2) is 11.7. The number of hydrogen-bond acceptors (Lipinski definition) is 6. The molecule has 0 radical (unpaired) electrons. The summed E-state index contributed by atoms with van der Waals surface area (Å²) in [5, 5.41) is 0. The highest BCUT2D eigenvalue weighted by Crippen LogP contribution is 2.47. The zero-order valence-electron chi connectivity index (χ0n) is 24.8. The molecule has 1 aliphatic carbocycles. The Hall–Kier alpha value is -2.86. The Balaban J connectivity index is 1.56. The predicted molar refractivity (Wildman–Crippen MR) is 153 cm³/mol. The van der Waals surface area contributed by atoms with Gasteiger partial charge >= 0.3 is 11.9 Å². The fraction of sp³-hybridized carbons (Fsp3) is 0.576. The largest absolute Gasteiger partial charge is 0.487 e. The molecule has 0 spiro atoms. The molecule has 0 saturated heterocycles. The van der Waals surface area contributed by atoms with Gasteiger partial charge in [0, 0.05) is 29.8 Å². The van der Waals surface area contributed by atoms with E-state index in [-0.39, 0.29) is 23.4 Å². The van der Waals surface area contributed by atoms with Crippen LogP contribution in [0, 0.1) is 0 Å². The van der Waals surface area contributed by atoms with Crippen molar-refractivity contribution < 1.29 is 23.8 Å². The number of rotatable bonds is 11. The standard InChI is InChI=1S/C33H45NO5/c1-8-9-16-37-29(35)17-23-10-14-27(15-11-23)38-31(36)24-18-25(20-34(22(2)3)26-12-13-26)30-28(19-24)32(4,5)21-33(6,7)39-30/h10-11,14-15,18-19,22,26H,8-9,12-13,16-17,20-21H2,1-7H3. The van der Waals surface area contributed by atoms with Gasteiger partial charge in [0.1, 0.15) is 17.1 Å². The molecule has 0 amide bonds. The second-order valence-corrected chi connectivity index (χ2v) is 12.7. The molecule has 0 N–H and O–H groups in total. The fourth-order valence-electron chi connectivity index (χ4n) is 5.74. The van der Waals surface area contributed by atoms with Gasteiger partial charge in [0.05, 0.1) is 18.6 Å². The van der Waals surface area contributed by atoms with Gasteiger partial charge < -0.3 is 14.2 Å². The van der Waals surface area contributed by atoms with Crippen molar-refractivity contribution in [1.82, 2.24) is 4.90 Å². The first kappa shape index (κ1) is 29.1. The van der Waals surface area contributed by atoms with E-state index in [0.717, 1.165) is 48.2 Å². The van der Waals surface area contributed by atoms with Crippen molar-refractivity contribution in [3.05, 3.63) is 58.7 Å². The first-order valence-electron chi connectivity index (χ1n) is 14.5. The van der Waals surface area contributed by atoms with Crippen LogP contribution in [0.1, 0.15) is 108 Å². The van der Waals surface area contributed by atoms with Crippen molar-refractivity contribution in [3.8, 4) is 11.5 Å². The number of unbranched alkanes of at least 4 members (excludes halogenated alkanes) is 1. The molecule has 0 bridgehead atoms. The van der Waals surface area contributed by atoms with Crippen LogP contribution in [0.2, 0.25) is 0 Å². The number of ether oxygens (including phenoxy) is 3. The third kappa shape index (κ3) is 7.42. The minimum absolute atomic E-state index is 0.155. The molecule has 2 aromatic carbocycles. The molecule has 0 aromatic heterocycles. The number of fused-ring (bicyclic) bond motifs is 1. The van der Waals surface area contributed by atoms with Gasteiger partial charge in [-0.05, 0) is 88.6 Å². The highest BCUT2D eigenvalue weighted by molar-refractivity contribution is 5.92. The smallest absolute Gasteiger partial charge is 0.343 e. The van der Waals surface area contributed by atoms with Gasteiger partial charge in [-0.3, -0.25) is 9.69 Å². The van der Waals surface area contributed by atoms with Gasteiger partial charge in [0.25, 0.3) is 0 Å². The van der Waals surface area contributed by atoms with E-state index in [1.165, 1.54) is 12.8 Å². The lowest BCUT2D eigenvalue weighted by molar-refractivity contribution is -0.142. The molecular weight excluding hydrogens is 490 g/mol. The minimum atomic E-state index is -0.395. The lowest BCUT2D eigenvalue weighted by atomic mass is 9.72. The Labute approximate surface area is 234 Å². The molecule has 212 valence electrons. The van der Waals surface area contributed by atoms with E-state index in [2.05, 4.69) is 53.4 Å². The summed E-state index contributed by atoms with van der Waals surface area (Å²) in [6.07, 6.45) is 5.33. The molecule has 0 unspecified atom stereocenters. The summed E-state index contributed by atoms with van der Waals surface area (Å²) < 4.78 is 17.6. The average Bonchev–Trinajstić information content (AvgIpc) is 3.68. The SMILES string of the molecule is CCCCOC(=O)Cc1ccc(OC(=O)c2cc(CN(C(C)C)C3CC3)c3c(c2)C(C)(C)CC(C)(C)O3)cc1. The van der Waals surface area contributed by atoms with Crippen LogP contribution in [0.4, 0.5) is 0 Å². The molecule has 1 heterocycles. The first-order valence-corrected chi connectivity index (χ1v) is 14.5. The van der Waals surface area contributed by atoms with Crippen molar-refractivity contribution in [1.29, 1.82) is 0 Å². The summed E-state index contributed by atoms with van der Waals surface area (Å²) in [7, 11) is 0. The summed E-state index contributed by atoms with van der Waals surface area (Å²) in [5.41, 5.74) is 3.00. The second-order valence-electron chi connectivity index (χ2n) is 12.7. The van der Waals surface area contributed by atoms with Crippen LogP contribution in [0.3, 0.4) is 0 Å². The fourth-order valence-corrected chi connectivity index (χ4v) is 5.74. The molecule has 1 fully saturated rings. The Morgan fingerprint density at radius 1 is 1.08 bits per heavy atom. The van der Waals surface area contributed by atoms with Crippen molar-refractivity contribution in [2.24, 2.45) is 0 Å². The topological polar surface area (TPSA) is 65.1 Å². The molecule has 39 heavy (non-hydrogen) atoms.